The largest absolute Gasteiger partial charge is 0.481 e. The minimum Gasteiger partial charge on any atom is -0.481 e. The number of hydrogen-bond acceptors (Lipinski definition) is 6. The number of aliphatic hydroxyl groups is 1. The lowest BCUT2D eigenvalue weighted by atomic mass is 9.91. The van der Waals surface area contributed by atoms with Gasteiger partial charge in [0.2, 0.25) is 5.91 Å². The van der Waals surface area contributed by atoms with Crippen molar-refractivity contribution < 1.29 is 29.3 Å². The van der Waals surface area contributed by atoms with Gasteiger partial charge >= 0.3 is 5.97 Å². The first-order valence-corrected chi connectivity index (χ1v) is 13.7. The van der Waals surface area contributed by atoms with Crippen molar-refractivity contribution in [3.8, 4) is 0 Å². The molecule has 1 amide bonds. The molecule has 1 fully saturated rings. The number of aliphatic carboxylic acids is 1. The molecule has 8 heteroatoms. The first kappa shape index (κ1) is 27.9. The molecule has 1 saturated heterocycles. The summed E-state index contributed by atoms with van der Waals surface area (Å²) in [4.78, 5) is 23.7. The molecule has 38 heavy (non-hydrogen) atoms. The van der Waals surface area contributed by atoms with Gasteiger partial charge < -0.3 is 25.0 Å². The summed E-state index contributed by atoms with van der Waals surface area (Å²) in [5.41, 5.74) is 3.67. The summed E-state index contributed by atoms with van der Waals surface area (Å²) in [5, 5.41) is 20.9. The monoisotopic (exact) mass is 535 g/mol. The van der Waals surface area contributed by atoms with Crippen molar-refractivity contribution >= 4 is 23.6 Å². The molecule has 0 aromatic heterocycles. The van der Waals surface area contributed by atoms with E-state index in [0.29, 0.717) is 6.54 Å². The van der Waals surface area contributed by atoms with Crippen LogP contribution in [0.15, 0.2) is 83.8 Å². The maximum absolute atomic E-state index is 11.8. The molecule has 1 heterocycles. The molecular weight excluding hydrogens is 502 g/mol. The van der Waals surface area contributed by atoms with Crippen LogP contribution in [0.25, 0.3) is 0 Å². The number of benzene rings is 3. The molecule has 0 saturated carbocycles. The average molecular weight is 536 g/mol. The molecule has 4 rings (SSSR count). The van der Waals surface area contributed by atoms with Crippen LogP contribution in [0.3, 0.4) is 0 Å². The van der Waals surface area contributed by atoms with Crippen molar-refractivity contribution in [3.63, 3.8) is 0 Å². The fraction of sp³-hybridized carbons (Fsp3) is 0.333. The van der Waals surface area contributed by atoms with E-state index in [4.69, 9.17) is 14.6 Å². The first-order valence-electron chi connectivity index (χ1n) is 12.7. The lowest BCUT2D eigenvalue weighted by molar-refractivity contribution is -0.268. The Labute approximate surface area is 227 Å². The van der Waals surface area contributed by atoms with Crippen LogP contribution in [-0.4, -0.2) is 33.9 Å². The van der Waals surface area contributed by atoms with Gasteiger partial charge in [-0.3, -0.25) is 9.59 Å². The number of rotatable bonds is 11. The van der Waals surface area contributed by atoms with E-state index in [1.807, 2.05) is 66.7 Å². The third kappa shape index (κ3) is 7.68. The second-order valence-electron chi connectivity index (χ2n) is 9.36. The van der Waals surface area contributed by atoms with Crippen LogP contribution in [0.5, 0.6) is 0 Å². The second-order valence-corrected chi connectivity index (χ2v) is 10.5. The Balaban J connectivity index is 1.47. The molecule has 1 aliphatic rings. The van der Waals surface area contributed by atoms with Crippen LogP contribution in [-0.2, 0) is 32.2 Å². The van der Waals surface area contributed by atoms with E-state index in [-0.39, 0.29) is 43.5 Å². The molecule has 0 aliphatic carbocycles. The molecule has 1 aliphatic heterocycles. The van der Waals surface area contributed by atoms with Gasteiger partial charge in [-0.1, -0.05) is 73.7 Å². The number of amides is 1. The highest BCUT2D eigenvalue weighted by Gasteiger charge is 2.38. The summed E-state index contributed by atoms with van der Waals surface area (Å²) in [6, 6.07) is 25.8. The lowest BCUT2D eigenvalue weighted by Gasteiger charge is -2.41. The van der Waals surface area contributed by atoms with Gasteiger partial charge in [0.25, 0.3) is 0 Å². The number of nitrogens with one attached hydrogen (secondary N) is 1. The second kappa shape index (κ2) is 13.6. The predicted molar refractivity (Wildman–Crippen MR) is 145 cm³/mol. The number of ether oxygens (including phenoxy) is 2. The highest BCUT2D eigenvalue weighted by molar-refractivity contribution is 7.99. The van der Waals surface area contributed by atoms with Gasteiger partial charge in [-0.05, 0) is 28.8 Å². The van der Waals surface area contributed by atoms with E-state index < -0.39 is 12.3 Å². The smallest absolute Gasteiger partial charge is 0.303 e. The van der Waals surface area contributed by atoms with Crippen LogP contribution < -0.4 is 5.32 Å². The standard InChI is InChI=1S/C30H33NO6S/c1-20-26(19-38-25-5-3-2-4-6-25)36-30(37-29(20)23-11-9-22(18-32)10-12-23)24-13-7-21(8-14-24)17-31-27(33)15-16-28(34)35/h2-14,20,26,29-30,32H,15-19H2,1H3,(H,31,33)(H,34,35)/t20-,26+,29+,30+/m1/s1. The predicted octanol–water partition coefficient (Wildman–Crippen LogP) is 5.24. The summed E-state index contributed by atoms with van der Waals surface area (Å²) in [6.45, 7) is 2.46. The third-order valence-corrected chi connectivity index (χ3v) is 7.69. The Bertz CT molecular complexity index is 1190. The maximum Gasteiger partial charge on any atom is 0.303 e. The van der Waals surface area contributed by atoms with E-state index in [9.17, 15) is 14.7 Å². The quantitative estimate of drug-likeness (QED) is 0.288. The van der Waals surface area contributed by atoms with Gasteiger partial charge in [-0.25, -0.2) is 0 Å². The van der Waals surface area contributed by atoms with Crippen molar-refractivity contribution in [3.05, 3.63) is 101 Å². The minimum absolute atomic E-state index is 0.00417. The fourth-order valence-corrected chi connectivity index (χ4v) is 5.40. The summed E-state index contributed by atoms with van der Waals surface area (Å²) in [6.07, 6.45) is -1.04. The molecule has 3 aromatic rings. The van der Waals surface area contributed by atoms with E-state index in [0.717, 1.165) is 28.0 Å². The summed E-state index contributed by atoms with van der Waals surface area (Å²) in [5.74, 6) is -0.410. The number of carboxylic acid groups (broad SMARTS) is 1. The molecule has 0 bridgehead atoms. The van der Waals surface area contributed by atoms with Crippen molar-refractivity contribution in [1.82, 2.24) is 5.32 Å². The van der Waals surface area contributed by atoms with Gasteiger partial charge in [0.1, 0.15) is 0 Å². The fourth-order valence-electron chi connectivity index (χ4n) is 4.31. The third-order valence-electron chi connectivity index (χ3n) is 6.59. The maximum atomic E-state index is 11.8. The molecule has 200 valence electrons. The molecule has 7 nitrogen and oxygen atoms in total. The lowest BCUT2D eigenvalue weighted by Crippen LogP contribution is -2.38. The summed E-state index contributed by atoms with van der Waals surface area (Å²) < 4.78 is 13.0. The van der Waals surface area contributed by atoms with Gasteiger partial charge in [-0.15, -0.1) is 11.8 Å². The number of hydrogen-bond donors (Lipinski definition) is 3. The number of carbonyl (C=O) groups is 2. The van der Waals surface area contributed by atoms with Gasteiger partial charge in [0.05, 0.1) is 25.2 Å². The molecule has 0 spiro atoms. The number of carbonyl (C=O) groups excluding carboxylic acids is 1. The topological polar surface area (TPSA) is 105 Å². The Hall–Kier alpha value is -3.17. The Morgan fingerprint density at radius 2 is 1.53 bits per heavy atom. The van der Waals surface area contributed by atoms with Crippen molar-refractivity contribution in [2.75, 3.05) is 5.75 Å². The van der Waals surface area contributed by atoms with Crippen molar-refractivity contribution in [2.24, 2.45) is 5.92 Å². The highest BCUT2D eigenvalue weighted by Crippen LogP contribution is 2.43. The van der Waals surface area contributed by atoms with Gasteiger partial charge in [-0.2, -0.15) is 0 Å². The first-order chi connectivity index (χ1) is 18.4. The zero-order chi connectivity index (χ0) is 26.9. The molecule has 4 atom stereocenters. The number of carboxylic acids is 1. The molecular formula is C30H33NO6S. The van der Waals surface area contributed by atoms with E-state index in [1.165, 1.54) is 4.90 Å². The normalized spacial score (nSPS) is 21.1. The Morgan fingerprint density at radius 3 is 2.18 bits per heavy atom. The van der Waals surface area contributed by atoms with E-state index in [2.05, 4.69) is 24.4 Å². The summed E-state index contributed by atoms with van der Waals surface area (Å²) in [7, 11) is 0. The Kier molecular flexibility index (Phi) is 9.95. The molecule has 3 N–H and O–H groups in total. The highest BCUT2D eigenvalue weighted by atomic mass is 32.2. The number of aliphatic hydroxyl groups excluding tert-OH is 1. The van der Waals surface area contributed by atoms with Crippen LogP contribution in [0, 0.1) is 5.92 Å². The van der Waals surface area contributed by atoms with Gasteiger partial charge in [0, 0.05) is 35.1 Å². The molecule has 0 radical (unpaired) electrons. The number of thioether (sulfide) groups is 1. The minimum atomic E-state index is -0.991. The molecule has 0 unspecified atom stereocenters. The van der Waals surface area contributed by atoms with E-state index in [1.54, 1.807) is 11.8 Å². The zero-order valence-electron chi connectivity index (χ0n) is 21.3. The molecule has 3 aromatic carbocycles. The average Bonchev–Trinajstić information content (AvgIpc) is 2.95. The van der Waals surface area contributed by atoms with Crippen molar-refractivity contribution in [1.29, 1.82) is 0 Å². The van der Waals surface area contributed by atoms with E-state index >= 15 is 0 Å². The Morgan fingerprint density at radius 1 is 0.868 bits per heavy atom. The van der Waals surface area contributed by atoms with Crippen molar-refractivity contribution in [2.45, 2.75) is 56.3 Å². The van der Waals surface area contributed by atoms with Crippen LogP contribution >= 0.6 is 11.8 Å². The van der Waals surface area contributed by atoms with Crippen LogP contribution in [0.4, 0.5) is 0 Å². The SMILES string of the molecule is C[C@@H]1[C@H](CSc2ccccc2)O[C@H](c2ccc(CNC(=O)CCC(=O)O)cc2)O[C@@H]1c1ccc(CO)cc1. The van der Waals surface area contributed by atoms with Crippen LogP contribution in [0.2, 0.25) is 0 Å². The summed E-state index contributed by atoms with van der Waals surface area (Å²) >= 11 is 1.76. The van der Waals surface area contributed by atoms with Gasteiger partial charge in [0.15, 0.2) is 6.29 Å². The zero-order valence-corrected chi connectivity index (χ0v) is 22.1. The van der Waals surface area contributed by atoms with Crippen LogP contribution in [0.1, 0.15) is 54.4 Å².